The molecule has 2 aliphatic heterocycles. The maximum Gasteiger partial charge on any atom is 0.318 e. The molecule has 28 heavy (non-hydrogen) atoms. The smallest absolute Gasteiger partial charge is 0.318 e. The first-order chi connectivity index (χ1) is 13.4. The lowest BCUT2D eigenvalue weighted by molar-refractivity contribution is -0.119. The summed E-state index contributed by atoms with van der Waals surface area (Å²) in [5.74, 6) is 0.414. The summed E-state index contributed by atoms with van der Waals surface area (Å²) < 4.78 is 11.4. The van der Waals surface area contributed by atoms with Crippen LogP contribution in [0.4, 0.5) is 10.5 Å². The number of likely N-dealkylation sites (tertiary alicyclic amines) is 1. The molecule has 3 aliphatic rings. The van der Waals surface area contributed by atoms with Gasteiger partial charge in [0.2, 0.25) is 11.7 Å². The fourth-order valence-corrected chi connectivity index (χ4v) is 4.31. The van der Waals surface area contributed by atoms with Crippen molar-refractivity contribution in [2.45, 2.75) is 76.7 Å². The van der Waals surface area contributed by atoms with Gasteiger partial charge in [-0.1, -0.05) is 19.3 Å². The summed E-state index contributed by atoms with van der Waals surface area (Å²) in [5.41, 5.74) is 0.643. The summed E-state index contributed by atoms with van der Waals surface area (Å²) >= 11 is 0. The standard InChI is InChI=1S/C21H29N3O4/c1-21(2)27-17-11-10-15(13-18(17)28-21)22-19(25)16-9-6-12-24(16)20(26)23-14-7-4-3-5-8-14/h10-11,13-14,16H,3-9,12H2,1-2H3,(H,22,25)(H,23,26)/t16-/m0/s1. The molecule has 2 heterocycles. The quantitative estimate of drug-likeness (QED) is 0.830. The summed E-state index contributed by atoms with van der Waals surface area (Å²) in [4.78, 5) is 27.2. The Morgan fingerprint density at radius 3 is 2.57 bits per heavy atom. The predicted octanol–water partition coefficient (Wildman–Crippen LogP) is 3.64. The van der Waals surface area contributed by atoms with Gasteiger partial charge in [-0.2, -0.15) is 0 Å². The topological polar surface area (TPSA) is 79.9 Å². The molecule has 7 heteroatoms. The first-order valence-corrected chi connectivity index (χ1v) is 10.3. The first kappa shape index (κ1) is 18.9. The molecule has 0 bridgehead atoms. The van der Waals surface area contributed by atoms with Crippen LogP contribution in [0.15, 0.2) is 18.2 Å². The molecule has 0 radical (unpaired) electrons. The second-order valence-electron chi connectivity index (χ2n) is 8.39. The van der Waals surface area contributed by atoms with E-state index >= 15 is 0 Å². The molecule has 0 unspecified atom stereocenters. The zero-order chi connectivity index (χ0) is 19.7. The summed E-state index contributed by atoms with van der Waals surface area (Å²) in [7, 11) is 0. The van der Waals surface area contributed by atoms with Crippen LogP contribution in [0.3, 0.4) is 0 Å². The first-order valence-electron chi connectivity index (χ1n) is 10.3. The number of amides is 3. The highest BCUT2D eigenvalue weighted by Crippen LogP contribution is 2.40. The number of carbonyl (C=O) groups excluding carboxylic acids is 2. The Hall–Kier alpha value is -2.44. The Morgan fingerprint density at radius 1 is 1.04 bits per heavy atom. The number of benzene rings is 1. The van der Waals surface area contributed by atoms with Gasteiger partial charge in [-0.05, 0) is 37.8 Å². The minimum absolute atomic E-state index is 0.114. The number of ether oxygens (including phenoxy) is 2. The Kier molecular flexibility index (Phi) is 5.08. The third-order valence-corrected chi connectivity index (χ3v) is 5.67. The summed E-state index contributed by atoms with van der Waals surface area (Å²) in [6.45, 7) is 4.30. The molecule has 4 rings (SSSR count). The van der Waals surface area contributed by atoms with Gasteiger partial charge in [0.25, 0.3) is 0 Å². The summed E-state index contributed by atoms with van der Waals surface area (Å²) in [6, 6.07) is 5.04. The predicted molar refractivity (Wildman–Crippen MR) is 106 cm³/mol. The number of hydrogen-bond acceptors (Lipinski definition) is 4. The molecule has 2 fully saturated rings. The van der Waals surface area contributed by atoms with Gasteiger partial charge in [0.05, 0.1) is 0 Å². The third kappa shape index (κ3) is 4.03. The molecule has 1 atom stereocenters. The van der Waals surface area contributed by atoms with E-state index in [1.165, 1.54) is 6.42 Å². The number of rotatable bonds is 3. The van der Waals surface area contributed by atoms with Crippen LogP contribution in [0.5, 0.6) is 11.5 Å². The fourth-order valence-electron chi connectivity index (χ4n) is 4.31. The number of urea groups is 1. The van der Waals surface area contributed by atoms with Gasteiger partial charge in [0.15, 0.2) is 11.5 Å². The van der Waals surface area contributed by atoms with Crippen molar-refractivity contribution in [2.75, 3.05) is 11.9 Å². The average Bonchev–Trinajstić information content (AvgIpc) is 3.25. The Labute approximate surface area is 165 Å². The molecule has 1 saturated heterocycles. The van der Waals surface area contributed by atoms with Gasteiger partial charge in [-0.3, -0.25) is 4.79 Å². The van der Waals surface area contributed by atoms with E-state index in [0.29, 0.717) is 30.2 Å². The van der Waals surface area contributed by atoms with Gasteiger partial charge in [0, 0.05) is 38.2 Å². The summed E-state index contributed by atoms with van der Waals surface area (Å²) in [5, 5.41) is 6.06. The van der Waals surface area contributed by atoms with Crippen LogP contribution >= 0.6 is 0 Å². The zero-order valence-electron chi connectivity index (χ0n) is 16.6. The average molecular weight is 387 g/mol. The van der Waals surface area contributed by atoms with Gasteiger partial charge >= 0.3 is 6.03 Å². The normalized spacial score (nSPS) is 23.5. The van der Waals surface area contributed by atoms with Gasteiger partial charge in [-0.25, -0.2) is 4.79 Å². The number of anilines is 1. The van der Waals surface area contributed by atoms with Crippen LogP contribution in [0, 0.1) is 0 Å². The molecule has 2 N–H and O–H groups in total. The molecule has 0 aromatic heterocycles. The number of hydrogen-bond donors (Lipinski definition) is 2. The largest absolute Gasteiger partial charge is 0.449 e. The third-order valence-electron chi connectivity index (χ3n) is 5.67. The van der Waals surface area contributed by atoms with E-state index in [1.54, 1.807) is 23.1 Å². The summed E-state index contributed by atoms with van der Waals surface area (Å²) in [6.07, 6.45) is 7.15. The number of carbonyl (C=O) groups is 2. The molecule has 3 amide bonds. The highest BCUT2D eigenvalue weighted by molar-refractivity contribution is 5.97. The van der Waals surface area contributed by atoms with Crippen molar-refractivity contribution >= 4 is 17.6 Å². The minimum atomic E-state index is -0.704. The molecule has 1 aliphatic carbocycles. The second kappa shape index (κ2) is 7.53. The maximum absolute atomic E-state index is 12.8. The van der Waals surface area contributed by atoms with Crippen LogP contribution in [-0.2, 0) is 4.79 Å². The van der Waals surface area contributed by atoms with E-state index < -0.39 is 11.8 Å². The lowest BCUT2D eigenvalue weighted by Crippen LogP contribution is -2.50. The van der Waals surface area contributed by atoms with Crippen molar-refractivity contribution in [1.29, 1.82) is 0 Å². The number of nitrogens with zero attached hydrogens (tertiary/aromatic N) is 1. The molecule has 152 valence electrons. The molecule has 1 aromatic carbocycles. The molecular formula is C21H29N3O4. The van der Waals surface area contributed by atoms with Crippen LogP contribution in [-0.4, -0.2) is 41.3 Å². The van der Waals surface area contributed by atoms with Crippen molar-refractivity contribution in [1.82, 2.24) is 10.2 Å². The highest BCUT2D eigenvalue weighted by atomic mass is 16.7. The van der Waals surface area contributed by atoms with E-state index in [9.17, 15) is 9.59 Å². The van der Waals surface area contributed by atoms with E-state index in [-0.39, 0.29) is 18.0 Å². The Morgan fingerprint density at radius 2 is 1.79 bits per heavy atom. The fraction of sp³-hybridized carbons (Fsp3) is 0.619. The highest BCUT2D eigenvalue weighted by Gasteiger charge is 2.36. The van der Waals surface area contributed by atoms with Gasteiger partial charge in [-0.15, -0.1) is 0 Å². The van der Waals surface area contributed by atoms with Crippen LogP contribution < -0.4 is 20.1 Å². The SMILES string of the molecule is CC1(C)Oc2ccc(NC(=O)[C@@H]3CCCN3C(=O)NC3CCCCC3)cc2O1. The van der Waals surface area contributed by atoms with Crippen molar-refractivity contribution in [2.24, 2.45) is 0 Å². The van der Waals surface area contributed by atoms with Gasteiger partial charge in [0.1, 0.15) is 6.04 Å². The van der Waals surface area contributed by atoms with Crippen LogP contribution in [0.2, 0.25) is 0 Å². The van der Waals surface area contributed by atoms with Crippen molar-refractivity contribution in [3.8, 4) is 11.5 Å². The van der Waals surface area contributed by atoms with E-state index in [1.807, 2.05) is 13.8 Å². The van der Waals surface area contributed by atoms with E-state index in [0.717, 1.165) is 32.1 Å². The van der Waals surface area contributed by atoms with Crippen LogP contribution in [0.25, 0.3) is 0 Å². The molecular weight excluding hydrogens is 358 g/mol. The molecule has 7 nitrogen and oxygen atoms in total. The lowest BCUT2D eigenvalue weighted by Gasteiger charge is -2.29. The molecule has 1 saturated carbocycles. The van der Waals surface area contributed by atoms with Crippen molar-refractivity contribution < 1.29 is 19.1 Å². The monoisotopic (exact) mass is 387 g/mol. The van der Waals surface area contributed by atoms with Crippen molar-refractivity contribution in [3.05, 3.63) is 18.2 Å². The Bertz CT molecular complexity index is 758. The van der Waals surface area contributed by atoms with E-state index in [4.69, 9.17) is 9.47 Å². The molecule has 1 aromatic rings. The number of fused-ring (bicyclic) bond motifs is 1. The number of nitrogens with one attached hydrogen (secondary N) is 2. The van der Waals surface area contributed by atoms with Crippen molar-refractivity contribution in [3.63, 3.8) is 0 Å². The van der Waals surface area contributed by atoms with E-state index in [2.05, 4.69) is 10.6 Å². The maximum atomic E-state index is 12.8. The zero-order valence-corrected chi connectivity index (χ0v) is 16.6. The van der Waals surface area contributed by atoms with Gasteiger partial charge < -0.3 is 25.0 Å². The Balaban J connectivity index is 1.38. The lowest BCUT2D eigenvalue weighted by atomic mass is 9.96. The second-order valence-corrected chi connectivity index (χ2v) is 8.39. The van der Waals surface area contributed by atoms with Crippen LogP contribution in [0.1, 0.15) is 58.8 Å². The molecule has 0 spiro atoms. The minimum Gasteiger partial charge on any atom is -0.449 e.